The molecule has 1 fully saturated rings. The number of amides is 2. The Hall–Kier alpha value is -2.82. The van der Waals surface area contributed by atoms with Crippen LogP contribution >= 0.6 is 0 Å². The highest BCUT2D eigenvalue weighted by molar-refractivity contribution is 5.90. The highest BCUT2D eigenvalue weighted by atomic mass is 16.5. The largest absolute Gasteiger partial charge is 0.426 e. The summed E-state index contributed by atoms with van der Waals surface area (Å²) in [7, 11) is 0. The number of nitrogens with one attached hydrogen (secondary N) is 2. The molecule has 136 valence electrons. The minimum atomic E-state index is -0.552. The molecule has 1 aliphatic carbocycles. The minimum Gasteiger partial charge on any atom is -0.426 e. The molecule has 0 spiro atoms. The lowest BCUT2D eigenvalue weighted by Gasteiger charge is -2.39. The predicted octanol–water partition coefficient (Wildman–Crippen LogP) is 4.25. The first-order chi connectivity index (χ1) is 12.6. The van der Waals surface area contributed by atoms with E-state index >= 15 is 0 Å². The van der Waals surface area contributed by atoms with Crippen LogP contribution in [0, 0.1) is 0 Å². The van der Waals surface area contributed by atoms with Crippen LogP contribution in [0.4, 0.5) is 10.5 Å². The monoisotopic (exact) mass is 352 g/mol. The SMILES string of the molecule is CCCNC(=O)Nc1cccc(OC(=O)C2(c3ccccc3)CCC2)c1. The van der Waals surface area contributed by atoms with Gasteiger partial charge in [0.1, 0.15) is 5.75 Å². The number of anilines is 1. The Balaban J connectivity index is 1.69. The summed E-state index contributed by atoms with van der Waals surface area (Å²) in [6.07, 6.45) is 3.48. The Kier molecular flexibility index (Phi) is 5.56. The normalized spacial score (nSPS) is 14.8. The molecular weight excluding hydrogens is 328 g/mol. The number of carbonyl (C=O) groups excluding carboxylic acids is 2. The van der Waals surface area contributed by atoms with E-state index in [9.17, 15) is 9.59 Å². The summed E-state index contributed by atoms with van der Waals surface area (Å²) in [5, 5.41) is 5.49. The number of rotatable bonds is 6. The summed E-state index contributed by atoms with van der Waals surface area (Å²) < 4.78 is 5.67. The average Bonchev–Trinajstić information content (AvgIpc) is 2.60. The zero-order valence-electron chi connectivity index (χ0n) is 15.0. The third-order valence-corrected chi connectivity index (χ3v) is 4.76. The molecule has 0 aliphatic heterocycles. The molecule has 0 atom stereocenters. The molecule has 5 nitrogen and oxygen atoms in total. The zero-order valence-corrected chi connectivity index (χ0v) is 15.0. The zero-order chi connectivity index (χ0) is 18.4. The molecule has 0 saturated heterocycles. The van der Waals surface area contributed by atoms with Crippen LogP contribution in [0.2, 0.25) is 0 Å². The molecule has 2 amide bonds. The van der Waals surface area contributed by atoms with Gasteiger partial charge >= 0.3 is 12.0 Å². The molecule has 0 radical (unpaired) electrons. The molecular formula is C21H24N2O3. The lowest BCUT2D eigenvalue weighted by molar-refractivity contribution is -0.144. The van der Waals surface area contributed by atoms with Crippen molar-refractivity contribution in [2.45, 2.75) is 38.0 Å². The molecule has 0 bridgehead atoms. The van der Waals surface area contributed by atoms with E-state index in [1.54, 1.807) is 24.3 Å². The first kappa shape index (κ1) is 18.0. The summed E-state index contributed by atoms with van der Waals surface area (Å²) >= 11 is 0. The first-order valence-electron chi connectivity index (χ1n) is 9.07. The van der Waals surface area contributed by atoms with Crippen LogP contribution < -0.4 is 15.4 Å². The van der Waals surface area contributed by atoms with E-state index in [4.69, 9.17) is 4.74 Å². The smallest absolute Gasteiger partial charge is 0.321 e. The van der Waals surface area contributed by atoms with Gasteiger partial charge in [-0.05, 0) is 37.0 Å². The molecule has 3 rings (SSSR count). The van der Waals surface area contributed by atoms with Gasteiger partial charge in [-0.2, -0.15) is 0 Å². The van der Waals surface area contributed by atoms with Crippen molar-refractivity contribution in [3.05, 3.63) is 60.2 Å². The maximum Gasteiger partial charge on any atom is 0.321 e. The second-order valence-electron chi connectivity index (χ2n) is 6.60. The van der Waals surface area contributed by atoms with E-state index in [2.05, 4.69) is 10.6 Å². The van der Waals surface area contributed by atoms with Crippen molar-refractivity contribution in [2.24, 2.45) is 0 Å². The number of hydrogen-bond donors (Lipinski definition) is 2. The summed E-state index contributed by atoms with van der Waals surface area (Å²) in [5.41, 5.74) is 1.04. The van der Waals surface area contributed by atoms with Gasteiger partial charge in [-0.25, -0.2) is 4.79 Å². The molecule has 0 heterocycles. The van der Waals surface area contributed by atoms with Gasteiger partial charge in [0.25, 0.3) is 0 Å². The van der Waals surface area contributed by atoms with Gasteiger partial charge in [0, 0.05) is 18.3 Å². The van der Waals surface area contributed by atoms with Crippen LogP contribution in [-0.4, -0.2) is 18.5 Å². The second-order valence-corrected chi connectivity index (χ2v) is 6.60. The third-order valence-electron chi connectivity index (χ3n) is 4.76. The fourth-order valence-corrected chi connectivity index (χ4v) is 3.15. The average molecular weight is 352 g/mol. The number of esters is 1. The lowest BCUT2D eigenvalue weighted by Crippen LogP contribution is -2.45. The lowest BCUT2D eigenvalue weighted by atomic mass is 9.64. The highest BCUT2D eigenvalue weighted by Gasteiger charge is 2.47. The topological polar surface area (TPSA) is 67.4 Å². The molecule has 2 N–H and O–H groups in total. The number of hydrogen-bond acceptors (Lipinski definition) is 3. The van der Waals surface area contributed by atoms with E-state index in [0.29, 0.717) is 18.0 Å². The van der Waals surface area contributed by atoms with Crippen LogP contribution in [0.3, 0.4) is 0 Å². The van der Waals surface area contributed by atoms with E-state index in [0.717, 1.165) is 31.2 Å². The third kappa shape index (κ3) is 3.87. The first-order valence-corrected chi connectivity index (χ1v) is 9.07. The Labute approximate surface area is 153 Å². The molecule has 1 aliphatic rings. The van der Waals surface area contributed by atoms with Crippen molar-refractivity contribution < 1.29 is 14.3 Å². The summed E-state index contributed by atoms with van der Waals surface area (Å²) in [5.74, 6) is 0.202. The fourth-order valence-electron chi connectivity index (χ4n) is 3.15. The van der Waals surface area contributed by atoms with Crippen molar-refractivity contribution in [3.63, 3.8) is 0 Å². The quantitative estimate of drug-likeness (QED) is 0.603. The van der Waals surface area contributed by atoms with Gasteiger partial charge in [0.15, 0.2) is 0 Å². The van der Waals surface area contributed by atoms with Crippen LogP contribution in [0.15, 0.2) is 54.6 Å². The number of benzene rings is 2. The number of ether oxygens (including phenoxy) is 1. The predicted molar refractivity (Wildman–Crippen MR) is 101 cm³/mol. The fraction of sp³-hybridized carbons (Fsp3) is 0.333. The maximum absolute atomic E-state index is 12.9. The summed E-state index contributed by atoms with van der Waals surface area (Å²) in [4.78, 5) is 24.6. The Morgan fingerprint density at radius 2 is 1.85 bits per heavy atom. The molecule has 2 aromatic carbocycles. The van der Waals surface area contributed by atoms with Crippen LogP contribution in [0.1, 0.15) is 38.2 Å². The van der Waals surface area contributed by atoms with E-state index < -0.39 is 5.41 Å². The molecule has 26 heavy (non-hydrogen) atoms. The van der Waals surface area contributed by atoms with Crippen LogP contribution in [-0.2, 0) is 10.2 Å². The van der Waals surface area contributed by atoms with Gasteiger partial charge in [0.05, 0.1) is 5.41 Å². The van der Waals surface area contributed by atoms with Crippen molar-refractivity contribution in [2.75, 3.05) is 11.9 Å². The van der Waals surface area contributed by atoms with E-state index in [-0.39, 0.29) is 12.0 Å². The van der Waals surface area contributed by atoms with Gasteiger partial charge in [-0.3, -0.25) is 4.79 Å². The molecule has 5 heteroatoms. The number of urea groups is 1. The number of carbonyl (C=O) groups is 2. The standard InChI is InChI=1S/C21H24N2O3/c1-2-14-22-20(25)23-17-10-6-11-18(15-17)26-19(24)21(12-7-13-21)16-8-4-3-5-9-16/h3-6,8-11,15H,2,7,12-14H2,1H3,(H2,22,23,25). The maximum atomic E-state index is 12.9. The van der Waals surface area contributed by atoms with Crippen LogP contribution in [0.25, 0.3) is 0 Å². The van der Waals surface area contributed by atoms with Gasteiger partial charge in [0.2, 0.25) is 0 Å². The Morgan fingerprint density at radius 3 is 2.50 bits per heavy atom. The second kappa shape index (κ2) is 8.04. The summed E-state index contributed by atoms with van der Waals surface area (Å²) in [6, 6.07) is 16.4. The van der Waals surface area contributed by atoms with Gasteiger partial charge < -0.3 is 15.4 Å². The summed E-state index contributed by atoms with van der Waals surface area (Å²) in [6.45, 7) is 2.60. The molecule has 0 unspecified atom stereocenters. The van der Waals surface area contributed by atoms with Gasteiger partial charge in [-0.1, -0.05) is 49.7 Å². The molecule has 0 aromatic heterocycles. The van der Waals surface area contributed by atoms with Crippen molar-refractivity contribution in [1.82, 2.24) is 5.32 Å². The van der Waals surface area contributed by atoms with E-state index in [1.807, 2.05) is 37.3 Å². The van der Waals surface area contributed by atoms with Crippen LogP contribution in [0.5, 0.6) is 5.75 Å². The molecule has 1 saturated carbocycles. The Bertz CT molecular complexity index is 770. The molecule has 2 aromatic rings. The van der Waals surface area contributed by atoms with Crippen molar-refractivity contribution in [3.8, 4) is 5.75 Å². The van der Waals surface area contributed by atoms with E-state index in [1.165, 1.54) is 0 Å². The minimum absolute atomic E-state index is 0.234. The van der Waals surface area contributed by atoms with Crippen molar-refractivity contribution >= 4 is 17.7 Å². The Morgan fingerprint density at radius 1 is 1.08 bits per heavy atom. The highest BCUT2D eigenvalue weighted by Crippen LogP contribution is 2.44. The van der Waals surface area contributed by atoms with Gasteiger partial charge in [-0.15, -0.1) is 0 Å². The van der Waals surface area contributed by atoms with Crippen molar-refractivity contribution in [1.29, 1.82) is 0 Å².